The van der Waals surface area contributed by atoms with Crippen LogP contribution < -0.4 is 5.73 Å². The minimum absolute atomic E-state index is 0.123. The molecule has 0 aliphatic heterocycles. The van der Waals surface area contributed by atoms with Gasteiger partial charge in [-0.2, -0.15) is 5.10 Å². The van der Waals surface area contributed by atoms with Gasteiger partial charge >= 0.3 is 0 Å². The molecule has 0 amide bonds. The van der Waals surface area contributed by atoms with Crippen molar-refractivity contribution in [1.29, 1.82) is 0 Å². The van der Waals surface area contributed by atoms with Crippen molar-refractivity contribution in [3.8, 4) is 0 Å². The highest BCUT2D eigenvalue weighted by molar-refractivity contribution is 6.32. The van der Waals surface area contributed by atoms with Gasteiger partial charge in [-0.15, -0.1) is 0 Å². The first-order valence-electron chi connectivity index (χ1n) is 4.51. The zero-order valence-electron chi connectivity index (χ0n) is 8.75. The highest BCUT2D eigenvalue weighted by Crippen LogP contribution is 2.15. The van der Waals surface area contributed by atoms with Crippen molar-refractivity contribution < 1.29 is 4.74 Å². The molecule has 80 valence electrons. The number of aromatic nitrogens is 2. The number of halogens is 1. The van der Waals surface area contributed by atoms with E-state index in [4.69, 9.17) is 22.1 Å². The van der Waals surface area contributed by atoms with Crippen molar-refractivity contribution in [3.63, 3.8) is 0 Å². The van der Waals surface area contributed by atoms with E-state index in [0.29, 0.717) is 24.0 Å². The summed E-state index contributed by atoms with van der Waals surface area (Å²) in [6, 6.07) is 0. The minimum atomic E-state index is -0.123. The number of hydrogen-bond donors (Lipinski definition) is 1. The first-order valence-corrected chi connectivity index (χ1v) is 4.89. The third-order valence-corrected chi connectivity index (χ3v) is 1.89. The van der Waals surface area contributed by atoms with Crippen LogP contribution in [0.3, 0.4) is 0 Å². The van der Waals surface area contributed by atoms with Crippen LogP contribution in [-0.2, 0) is 11.3 Å². The second-order valence-corrected chi connectivity index (χ2v) is 4.49. The Bertz CT molecular complexity index is 284. The molecule has 4 nitrogen and oxygen atoms in total. The molecule has 0 saturated heterocycles. The van der Waals surface area contributed by atoms with Gasteiger partial charge in [0, 0.05) is 6.20 Å². The molecule has 0 aromatic carbocycles. The van der Waals surface area contributed by atoms with Crippen LogP contribution in [0.5, 0.6) is 0 Å². The van der Waals surface area contributed by atoms with E-state index in [0.717, 1.165) is 0 Å². The summed E-state index contributed by atoms with van der Waals surface area (Å²) in [6.45, 7) is 7.29. The molecule has 0 fully saturated rings. The van der Waals surface area contributed by atoms with Gasteiger partial charge in [-0.05, 0) is 20.8 Å². The zero-order chi connectivity index (χ0) is 10.8. The molecule has 0 radical (unpaired) electrons. The average Bonchev–Trinajstić information content (AvgIpc) is 2.28. The summed E-state index contributed by atoms with van der Waals surface area (Å²) in [7, 11) is 0. The van der Waals surface area contributed by atoms with E-state index in [-0.39, 0.29) is 5.60 Å². The first kappa shape index (κ1) is 11.3. The molecule has 0 atom stereocenters. The van der Waals surface area contributed by atoms with E-state index in [1.54, 1.807) is 10.9 Å². The summed E-state index contributed by atoms with van der Waals surface area (Å²) in [5.41, 5.74) is 5.37. The van der Waals surface area contributed by atoms with Crippen LogP contribution in [0.15, 0.2) is 6.20 Å². The molecule has 1 heterocycles. The number of anilines is 1. The van der Waals surface area contributed by atoms with E-state index < -0.39 is 0 Å². The van der Waals surface area contributed by atoms with Crippen molar-refractivity contribution in [1.82, 2.24) is 9.78 Å². The molecule has 0 aliphatic rings. The fourth-order valence-electron chi connectivity index (χ4n) is 0.972. The molecule has 1 aromatic heterocycles. The lowest BCUT2D eigenvalue weighted by molar-refractivity contribution is -0.00786. The Morgan fingerprint density at radius 2 is 2.21 bits per heavy atom. The smallest absolute Gasteiger partial charge is 0.164 e. The van der Waals surface area contributed by atoms with E-state index in [1.807, 2.05) is 20.8 Å². The number of nitrogens with zero attached hydrogens (tertiary/aromatic N) is 2. The van der Waals surface area contributed by atoms with Crippen LogP contribution in [0.25, 0.3) is 0 Å². The standard InChI is InChI=1S/C9H16ClN3O/c1-9(2,3)14-5-4-13-6-7(10)8(11)12-13/h6H,4-5H2,1-3H3,(H2,11,12). The predicted molar refractivity (Wildman–Crippen MR) is 57.4 cm³/mol. The molecule has 0 spiro atoms. The van der Waals surface area contributed by atoms with Gasteiger partial charge in [-0.25, -0.2) is 0 Å². The number of nitrogen functional groups attached to an aromatic ring is 1. The number of ether oxygens (including phenoxy) is 1. The van der Waals surface area contributed by atoms with Gasteiger partial charge in [0.2, 0.25) is 0 Å². The van der Waals surface area contributed by atoms with Gasteiger partial charge in [0.15, 0.2) is 5.82 Å². The summed E-state index contributed by atoms with van der Waals surface area (Å²) < 4.78 is 7.22. The largest absolute Gasteiger partial charge is 0.381 e. The highest BCUT2D eigenvalue weighted by atomic mass is 35.5. The SMILES string of the molecule is CC(C)(C)OCCn1cc(Cl)c(N)n1. The van der Waals surface area contributed by atoms with Gasteiger partial charge in [0.1, 0.15) is 5.02 Å². The lowest BCUT2D eigenvalue weighted by atomic mass is 10.2. The molecule has 1 rings (SSSR count). The van der Waals surface area contributed by atoms with Crippen LogP contribution >= 0.6 is 11.6 Å². The molecular weight excluding hydrogens is 202 g/mol. The van der Waals surface area contributed by atoms with Crippen molar-refractivity contribution in [2.75, 3.05) is 12.3 Å². The van der Waals surface area contributed by atoms with Gasteiger partial charge in [-0.3, -0.25) is 4.68 Å². The second-order valence-electron chi connectivity index (χ2n) is 4.09. The Kier molecular flexibility index (Phi) is 3.39. The topological polar surface area (TPSA) is 53.1 Å². The third kappa shape index (κ3) is 3.55. The van der Waals surface area contributed by atoms with Gasteiger partial charge < -0.3 is 10.5 Å². The van der Waals surface area contributed by atoms with Crippen LogP contribution in [-0.4, -0.2) is 22.0 Å². The molecule has 0 unspecified atom stereocenters. The van der Waals surface area contributed by atoms with Crippen LogP contribution in [0.1, 0.15) is 20.8 Å². The fraction of sp³-hybridized carbons (Fsp3) is 0.667. The van der Waals surface area contributed by atoms with E-state index in [9.17, 15) is 0 Å². The molecule has 0 saturated carbocycles. The lowest BCUT2D eigenvalue weighted by Crippen LogP contribution is -2.22. The van der Waals surface area contributed by atoms with E-state index in [1.165, 1.54) is 0 Å². The molecule has 0 aliphatic carbocycles. The average molecular weight is 218 g/mol. The highest BCUT2D eigenvalue weighted by Gasteiger charge is 2.10. The zero-order valence-corrected chi connectivity index (χ0v) is 9.51. The number of hydrogen-bond acceptors (Lipinski definition) is 3. The molecule has 5 heteroatoms. The normalized spacial score (nSPS) is 12.0. The first-order chi connectivity index (χ1) is 6.38. The Morgan fingerprint density at radius 3 is 2.64 bits per heavy atom. The minimum Gasteiger partial charge on any atom is -0.381 e. The predicted octanol–water partition coefficient (Wildman–Crippen LogP) is 1.93. The second kappa shape index (κ2) is 4.19. The number of rotatable bonds is 3. The molecule has 2 N–H and O–H groups in total. The van der Waals surface area contributed by atoms with Gasteiger partial charge in [-0.1, -0.05) is 11.6 Å². The van der Waals surface area contributed by atoms with Gasteiger partial charge in [0.05, 0.1) is 18.8 Å². The van der Waals surface area contributed by atoms with E-state index >= 15 is 0 Å². The Morgan fingerprint density at radius 1 is 1.57 bits per heavy atom. The molecule has 1 aromatic rings. The van der Waals surface area contributed by atoms with Crippen molar-refractivity contribution in [2.24, 2.45) is 0 Å². The maximum Gasteiger partial charge on any atom is 0.164 e. The summed E-state index contributed by atoms with van der Waals surface area (Å²) >= 11 is 5.75. The molecule has 0 bridgehead atoms. The summed E-state index contributed by atoms with van der Waals surface area (Å²) in [5, 5.41) is 4.50. The summed E-state index contributed by atoms with van der Waals surface area (Å²) in [5.74, 6) is 0.363. The Balaban J connectivity index is 2.39. The molecular formula is C9H16ClN3O. The van der Waals surface area contributed by atoms with Crippen molar-refractivity contribution in [2.45, 2.75) is 32.9 Å². The van der Waals surface area contributed by atoms with Crippen LogP contribution in [0.4, 0.5) is 5.82 Å². The van der Waals surface area contributed by atoms with Crippen molar-refractivity contribution >= 4 is 17.4 Å². The van der Waals surface area contributed by atoms with Crippen LogP contribution in [0, 0.1) is 0 Å². The maximum absolute atomic E-state index is 5.75. The van der Waals surface area contributed by atoms with E-state index in [2.05, 4.69) is 5.10 Å². The Labute approximate surface area is 89.0 Å². The quantitative estimate of drug-likeness (QED) is 0.842. The lowest BCUT2D eigenvalue weighted by Gasteiger charge is -2.19. The van der Waals surface area contributed by atoms with Gasteiger partial charge in [0.25, 0.3) is 0 Å². The Hall–Kier alpha value is -0.740. The number of nitrogens with two attached hydrogens (primary N) is 1. The monoisotopic (exact) mass is 217 g/mol. The molecule has 14 heavy (non-hydrogen) atoms. The third-order valence-electron chi connectivity index (χ3n) is 1.60. The summed E-state index contributed by atoms with van der Waals surface area (Å²) in [4.78, 5) is 0. The summed E-state index contributed by atoms with van der Waals surface area (Å²) in [6.07, 6.45) is 1.70. The van der Waals surface area contributed by atoms with Crippen LogP contribution in [0.2, 0.25) is 5.02 Å². The van der Waals surface area contributed by atoms with Crippen molar-refractivity contribution in [3.05, 3.63) is 11.2 Å². The fourth-order valence-corrected chi connectivity index (χ4v) is 1.12. The maximum atomic E-state index is 5.75.